The summed E-state index contributed by atoms with van der Waals surface area (Å²) in [5.41, 5.74) is 1.84. The van der Waals surface area contributed by atoms with Crippen molar-refractivity contribution in [2.24, 2.45) is 0 Å². The third-order valence-corrected chi connectivity index (χ3v) is 4.20. The van der Waals surface area contributed by atoms with Gasteiger partial charge in [-0.3, -0.25) is 4.79 Å². The summed E-state index contributed by atoms with van der Waals surface area (Å²) in [6, 6.07) is 22.9. The number of hydrogen-bond donors (Lipinski definition) is 0. The number of hydrogen-bond acceptors (Lipinski definition) is 2. The number of carbonyl (C=O) groups is 1. The number of nitrogens with zero attached hydrogens (tertiary/aromatic N) is 1. The van der Waals surface area contributed by atoms with Crippen molar-refractivity contribution < 1.29 is 9.21 Å². The molecule has 4 heteroatoms. The van der Waals surface area contributed by atoms with Crippen LogP contribution in [0, 0.1) is 0 Å². The fraction of sp³-hybridized carbons (Fsp3) is 0.150. The van der Waals surface area contributed by atoms with Gasteiger partial charge in [0.25, 0.3) is 0 Å². The fourth-order valence-electron chi connectivity index (χ4n) is 2.53. The maximum absolute atomic E-state index is 12.9. The molecule has 1 amide bonds. The van der Waals surface area contributed by atoms with Crippen LogP contribution in [0.4, 0.5) is 0 Å². The highest BCUT2D eigenvalue weighted by atomic mass is 35.5. The van der Waals surface area contributed by atoms with Crippen LogP contribution in [0.15, 0.2) is 83.5 Å². The zero-order valence-electron chi connectivity index (χ0n) is 13.1. The molecule has 0 saturated heterocycles. The van der Waals surface area contributed by atoms with Crippen LogP contribution in [0.2, 0.25) is 0 Å². The predicted octanol–water partition coefficient (Wildman–Crippen LogP) is 4.79. The summed E-state index contributed by atoms with van der Waals surface area (Å²) in [6.07, 6.45) is 1.61. The molecule has 0 saturated carbocycles. The van der Waals surface area contributed by atoms with Gasteiger partial charge in [-0.15, -0.1) is 11.6 Å². The molecule has 0 unspecified atom stereocenters. The largest absolute Gasteiger partial charge is 0.467 e. The van der Waals surface area contributed by atoms with E-state index in [2.05, 4.69) is 0 Å². The molecule has 1 atom stereocenters. The van der Waals surface area contributed by atoms with Crippen LogP contribution in [-0.4, -0.2) is 10.8 Å². The summed E-state index contributed by atoms with van der Waals surface area (Å²) >= 11 is 6.44. The van der Waals surface area contributed by atoms with Crippen LogP contribution in [0.5, 0.6) is 0 Å². The average Bonchev–Trinajstić information content (AvgIpc) is 3.15. The van der Waals surface area contributed by atoms with E-state index >= 15 is 0 Å². The highest BCUT2D eigenvalue weighted by molar-refractivity contribution is 6.30. The van der Waals surface area contributed by atoms with Crippen LogP contribution >= 0.6 is 11.6 Å². The first-order valence-electron chi connectivity index (χ1n) is 7.78. The van der Waals surface area contributed by atoms with E-state index in [4.69, 9.17) is 16.0 Å². The Balaban J connectivity index is 1.81. The molecule has 1 heterocycles. The normalized spacial score (nSPS) is 11.9. The Bertz CT molecular complexity index is 757. The van der Waals surface area contributed by atoms with E-state index < -0.39 is 5.38 Å². The van der Waals surface area contributed by atoms with Crippen LogP contribution in [-0.2, 0) is 17.9 Å². The van der Waals surface area contributed by atoms with Gasteiger partial charge in [0.05, 0.1) is 12.8 Å². The first-order valence-corrected chi connectivity index (χ1v) is 8.22. The first-order chi connectivity index (χ1) is 11.7. The number of rotatable bonds is 6. The van der Waals surface area contributed by atoms with E-state index in [0.29, 0.717) is 13.1 Å². The molecule has 122 valence electrons. The van der Waals surface area contributed by atoms with Crippen molar-refractivity contribution in [2.45, 2.75) is 18.5 Å². The number of amides is 1. The number of furan rings is 1. The number of alkyl halides is 1. The molecule has 3 nitrogen and oxygen atoms in total. The summed E-state index contributed by atoms with van der Waals surface area (Å²) in [5.74, 6) is 0.597. The second kappa shape index (κ2) is 7.84. The zero-order chi connectivity index (χ0) is 16.8. The Kier molecular flexibility index (Phi) is 5.34. The lowest BCUT2D eigenvalue weighted by molar-refractivity contribution is -0.132. The molecule has 0 radical (unpaired) electrons. The highest BCUT2D eigenvalue weighted by Gasteiger charge is 2.24. The monoisotopic (exact) mass is 339 g/mol. The van der Waals surface area contributed by atoms with Gasteiger partial charge in [-0.05, 0) is 23.3 Å². The topological polar surface area (TPSA) is 33.5 Å². The Morgan fingerprint density at radius 2 is 1.58 bits per heavy atom. The molecule has 0 spiro atoms. The zero-order valence-corrected chi connectivity index (χ0v) is 13.9. The van der Waals surface area contributed by atoms with Crippen LogP contribution in [0.3, 0.4) is 0 Å². The van der Waals surface area contributed by atoms with Crippen molar-refractivity contribution >= 4 is 17.5 Å². The van der Waals surface area contributed by atoms with Crippen molar-refractivity contribution in [3.05, 3.63) is 95.9 Å². The van der Waals surface area contributed by atoms with E-state index in [1.165, 1.54) is 0 Å². The minimum atomic E-state index is -0.718. The van der Waals surface area contributed by atoms with Gasteiger partial charge in [0, 0.05) is 6.54 Å². The maximum Gasteiger partial charge on any atom is 0.245 e. The lowest BCUT2D eigenvalue weighted by Crippen LogP contribution is -2.32. The van der Waals surface area contributed by atoms with Crippen molar-refractivity contribution in [2.75, 3.05) is 0 Å². The molecule has 0 aliphatic heterocycles. The molecule has 3 rings (SSSR count). The molecule has 0 bridgehead atoms. The average molecular weight is 340 g/mol. The number of halogens is 1. The SMILES string of the molecule is O=C([C@H](Cl)c1ccccc1)N(Cc1ccccc1)Cc1ccco1. The Labute approximate surface area is 146 Å². The third kappa shape index (κ3) is 4.06. The van der Waals surface area contributed by atoms with Gasteiger partial charge in [-0.1, -0.05) is 60.7 Å². The molecule has 0 aliphatic carbocycles. The van der Waals surface area contributed by atoms with E-state index in [9.17, 15) is 4.79 Å². The Morgan fingerprint density at radius 1 is 0.917 bits per heavy atom. The Hall–Kier alpha value is -2.52. The molecule has 0 fully saturated rings. The minimum absolute atomic E-state index is 0.136. The maximum atomic E-state index is 12.9. The lowest BCUT2D eigenvalue weighted by atomic mass is 10.1. The van der Waals surface area contributed by atoms with Gasteiger partial charge in [-0.25, -0.2) is 0 Å². The summed E-state index contributed by atoms with van der Waals surface area (Å²) in [7, 11) is 0. The number of benzene rings is 2. The quantitative estimate of drug-likeness (QED) is 0.605. The van der Waals surface area contributed by atoms with E-state index in [0.717, 1.165) is 16.9 Å². The van der Waals surface area contributed by atoms with Crippen LogP contribution in [0.1, 0.15) is 22.3 Å². The van der Waals surface area contributed by atoms with E-state index in [1.54, 1.807) is 11.2 Å². The van der Waals surface area contributed by atoms with Gasteiger partial charge in [-0.2, -0.15) is 0 Å². The van der Waals surface area contributed by atoms with Gasteiger partial charge in [0.1, 0.15) is 11.1 Å². The van der Waals surface area contributed by atoms with Crippen molar-refractivity contribution in [3.8, 4) is 0 Å². The third-order valence-electron chi connectivity index (χ3n) is 3.76. The molecular weight excluding hydrogens is 322 g/mol. The standard InChI is InChI=1S/C20H18ClNO2/c21-19(17-10-5-2-6-11-17)20(23)22(15-18-12-7-13-24-18)14-16-8-3-1-4-9-16/h1-13,19H,14-15H2/t19-/m1/s1. The van der Waals surface area contributed by atoms with Gasteiger partial charge in [0.2, 0.25) is 5.91 Å². The fourth-order valence-corrected chi connectivity index (χ4v) is 2.81. The molecule has 1 aromatic heterocycles. The molecule has 24 heavy (non-hydrogen) atoms. The number of carbonyl (C=O) groups excluding carboxylic acids is 1. The molecule has 0 aliphatic rings. The second-order valence-corrected chi connectivity index (χ2v) is 5.97. The van der Waals surface area contributed by atoms with Crippen LogP contribution in [0.25, 0.3) is 0 Å². The second-order valence-electron chi connectivity index (χ2n) is 5.53. The summed E-state index contributed by atoms with van der Waals surface area (Å²) in [5, 5.41) is -0.718. The molecule has 0 N–H and O–H groups in total. The summed E-state index contributed by atoms with van der Waals surface area (Å²) < 4.78 is 5.40. The summed E-state index contributed by atoms with van der Waals surface area (Å²) in [4.78, 5) is 14.6. The minimum Gasteiger partial charge on any atom is -0.467 e. The highest BCUT2D eigenvalue weighted by Crippen LogP contribution is 2.25. The first kappa shape index (κ1) is 16.3. The van der Waals surface area contributed by atoms with E-state index in [1.807, 2.05) is 72.8 Å². The molecule has 2 aromatic carbocycles. The van der Waals surface area contributed by atoms with Crippen molar-refractivity contribution in [3.63, 3.8) is 0 Å². The van der Waals surface area contributed by atoms with Gasteiger partial charge < -0.3 is 9.32 Å². The molecule has 3 aromatic rings. The van der Waals surface area contributed by atoms with Crippen molar-refractivity contribution in [1.29, 1.82) is 0 Å². The predicted molar refractivity (Wildman–Crippen MR) is 94.4 cm³/mol. The van der Waals surface area contributed by atoms with Gasteiger partial charge in [0.15, 0.2) is 0 Å². The molecular formula is C20H18ClNO2. The van der Waals surface area contributed by atoms with Crippen molar-refractivity contribution in [1.82, 2.24) is 4.90 Å². The van der Waals surface area contributed by atoms with E-state index in [-0.39, 0.29) is 5.91 Å². The van der Waals surface area contributed by atoms with Gasteiger partial charge >= 0.3 is 0 Å². The van der Waals surface area contributed by atoms with Crippen LogP contribution < -0.4 is 0 Å². The smallest absolute Gasteiger partial charge is 0.245 e. The Morgan fingerprint density at radius 3 is 2.21 bits per heavy atom. The lowest BCUT2D eigenvalue weighted by Gasteiger charge is -2.24. The summed E-state index contributed by atoms with van der Waals surface area (Å²) in [6.45, 7) is 0.868.